The predicted octanol–water partition coefficient (Wildman–Crippen LogP) is 0.617. The number of primary amides is 1. The van der Waals surface area contributed by atoms with Crippen molar-refractivity contribution in [1.29, 1.82) is 0 Å². The van der Waals surface area contributed by atoms with Gasteiger partial charge in [-0.25, -0.2) is 0 Å². The number of carbonyl (C=O) groups is 1. The van der Waals surface area contributed by atoms with Gasteiger partial charge in [-0.1, -0.05) is 0 Å². The largest absolute Gasteiger partial charge is 0.497 e. The SMILES string of the molecule is COc1cc2c(c(OC)c1)-c1nnc(C(N)=O)n1CC2. The summed E-state index contributed by atoms with van der Waals surface area (Å²) < 4.78 is 12.4. The van der Waals surface area contributed by atoms with Gasteiger partial charge >= 0.3 is 0 Å². The van der Waals surface area contributed by atoms with E-state index in [-0.39, 0.29) is 5.82 Å². The topological polar surface area (TPSA) is 92.3 Å². The molecular weight excluding hydrogens is 260 g/mol. The number of hydrogen-bond acceptors (Lipinski definition) is 5. The van der Waals surface area contributed by atoms with E-state index in [0.29, 0.717) is 18.1 Å². The maximum atomic E-state index is 11.3. The minimum atomic E-state index is -0.584. The molecule has 3 rings (SSSR count). The molecule has 0 unspecified atom stereocenters. The van der Waals surface area contributed by atoms with Gasteiger partial charge in [-0.15, -0.1) is 10.2 Å². The molecule has 7 nitrogen and oxygen atoms in total. The number of aromatic nitrogens is 3. The molecule has 0 atom stereocenters. The fourth-order valence-electron chi connectivity index (χ4n) is 2.49. The first-order chi connectivity index (χ1) is 9.65. The van der Waals surface area contributed by atoms with Gasteiger partial charge in [0.25, 0.3) is 5.91 Å². The fraction of sp³-hybridized carbons (Fsp3) is 0.308. The molecule has 0 aliphatic carbocycles. The van der Waals surface area contributed by atoms with Crippen molar-refractivity contribution in [3.05, 3.63) is 23.5 Å². The zero-order valence-corrected chi connectivity index (χ0v) is 11.2. The Labute approximate surface area is 115 Å². The molecule has 1 aromatic heterocycles. The van der Waals surface area contributed by atoms with E-state index in [9.17, 15) is 4.79 Å². The molecule has 1 amide bonds. The van der Waals surface area contributed by atoms with E-state index in [1.165, 1.54) is 0 Å². The van der Waals surface area contributed by atoms with Gasteiger partial charge in [0.15, 0.2) is 5.82 Å². The molecule has 0 spiro atoms. The monoisotopic (exact) mass is 274 g/mol. The lowest BCUT2D eigenvalue weighted by Crippen LogP contribution is -2.21. The highest BCUT2D eigenvalue weighted by molar-refractivity contribution is 5.90. The predicted molar refractivity (Wildman–Crippen MR) is 70.8 cm³/mol. The van der Waals surface area contributed by atoms with Crippen LogP contribution in [0.1, 0.15) is 16.2 Å². The minimum Gasteiger partial charge on any atom is -0.497 e. The number of hydrogen-bond donors (Lipinski definition) is 1. The molecule has 0 saturated heterocycles. The van der Waals surface area contributed by atoms with Crippen LogP contribution in [0.3, 0.4) is 0 Å². The van der Waals surface area contributed by atoms with Crippen LogP contribution in [0.5, 0.6) is 11.5 Å². The Hall–Kier alpha value is -2.57. The summed E-state index contributed by atoms with van der Waals surface area (Å²) in [5.41, 5.74) is 7.19. The standard InChI is InChI=1S/C13H14N4O3/c1-19-8-5-7-3-4-17-12(10(7)9(6-8)20-2)15-16-13(17)11(14)18/h5-6H,3-4H2,1-2H3,(H2,14,18). The third-order valence-electron chi connectivity index (χ3n) is 3.41. The summed E-state index contributed by atoms with van der Waals surface area (Å²) in [5, 5.41) is 7.94. The molecular formula is C13H14N4O3. The van der Waals surface area contributed by atoms with Crippen molar-refractivity contribution >= 4 is 5.91 Å². The molecule has 2 heterocycles. The number of benzene rings is 1. The van der Waals surface area contributed by atoms with Crippen molar-refractivity contribution in [2.24, 2.45) is 5.73 Å². The summed E-state index contributed by atoms with van der Waals surface area (Å²) in [6, 6.07) is 3.73. The number of rotatable bonds is 3. The van der Waals surface area contributed by atoms with Crippen molar-refractivity contribution in [3.63, 3.8) is 0 Å². The highest BCUT2D eigenvalue weighted by atomic mass is 16.5. The van der Waals surface area contributed by atoms with Crippen LogP contribution in [-0.4, -0.2) is 34.9 Å². The summed E-state index contributed by atoms with van der Waals surface area (Å²) in [7, 11) is 3.19. The van der Waals surface area contributed by atoms with E-state index >= 15 is 0 Å². The van der Waals surface area contributed by atoms with Crippen LogP contribution < -0.4 is 15.2 Å². The van der Waals surface area contributed by atoms with Gasteiger partial charge in [-0.05, 0) is 18.1 Å². The van der Waals surface area contributed by atoms with Gasteiger partial charge in [0.05, 0.1) is 19.8 Å². The number of aryl methyl sites for hydroxylation is 1. The molecule has 0 saturated carbocycles. The highest BCUT2D eigenvalue weighted by Gasteiger charge is 2.27. The normalized spacial score (nSPS) is 12.5. The van der Waals surface area contributed by atoms with Gasteiger partial charge in [0.1, 0.15) is 11.5 Å². The second-order valence-electron chi connectivity index (χ2n) is 4.48. The second kappa shape index (κ2) is 4.52. The van der Waals surface area contributed by atoms with Gasteiger partial charge in [-0.3, -0.25) is 4.79 Å². The Morgan fingerprint density at radius 3 is 2.75 bits per heavy atom. The molecule has 20 heavy (non-hydrogen) atoms. The third-order valence-corrected chi connectivity index (χ3v) is 3.41. The number of carbonyl (C=O) groups excluding carboxylic acids is 1. The number of amides is 1. The quantitative estimate of drug-likeness (QED) is 0.885. The molecule has 2 N–H and O–H groups in total. The highest BCUT2D eigenvalue weighted by Crippen LogP contribution is 2.39. The van der Waals surface area contributed by atoms with E-state index < -0.39 is 5.91 Å². The average molecular weight is 274 g/mol. The molecule has 0 radical (unpaired) electrons. The van der Waals surface area contributed by atoms with Crippen molar-refractivity contribution in [1.82, 2.24) is 14.8 Å². The van der Waals surface area contributed by atoms with Gasteiger partial charge < -0.3 is 19.8 Å². The molecule has 0 fully saturated rings. The van der Waals surface area contributed by atoms with E-state index in [2.05, 4.69) is 10.2 Å². The summed E-state index contributed by atoms with van der Waals surface area (Å²) in [6.07, 6.45) is 0.730. The van der Waals surface area contributed by atoms with Crippen LogP contribution >= 0.6 is 0 Å². The fourth-order valence-corrected chi connectivity index (χ4v) is 2.49. The van der Waals surface area contributed by atoms with Gasteiger partial charge in [0, 0.05) is 12.6 Å². The Morgan fingerprint density at radius 1 is 1.30 bits per heavy atom. The van der Waals surface area contributed by atoms with E-state index in [0.717, 1.165) is 23.3 Å². The van der Waals surface area contributed by atoms with Gasteiger partial charge in [-0.2, -0.15) is 0 Å². The first kappa shape index (κ1) is 12.5. The van der Waals surface area contributed by atoms with Crippen LogP contribution in [-0.2, 0) is 13.0 Å². The molecule has 0 bridgehead atoms. The second-order valence-corrected chi connectivity index (χ2v) is 4.48. The smallest absolute Gasteiger partial charge is 0.286 e. The van der Waals surface area contributed by atoms with Crippen LogP contribution in [0.15, 0.2) is 12.1 Å². The van der Waals surface area contributed by atoms with E-state index in [1.807, 2.05) is 6.07 Å². The summed E-state index contributed by atoms with van der Waals surface area (Å²) in [4.78, 5) is 11.3. The minimum absolute atomic E-state index is 0.170. The van der Waals surface area contributed by atoms with Crippen LogP contribution in [0.2, 0.25) is 0 Å². The Morgan fingerprint density at radius 2 is 2.10 bits per heavy atom. The van der Waals surface area contributed by atoms with Crippen LogP contribution in [0.4, 0.5) is 0 Å². The number of nitrogens with two attached hydrogens (primary N) is 1. The van der Waals surface area contributed by atoms with Crippen molar-refractivity contribution < 1.29 is 14.3 Å². The Balaban J connectivity index is 2.23. The zero-order valence-electron chi connectivity index (χ0n) is 11.2. The molecule has 1 aliphatic rings. The zero-order chi connectivity index (χ0) is 14.3. The van der Waals surface area contributed by atoms with Crippen molar-refractivity contribution in [2.45, 2.75) is 13.0 Å². The van der Waals surface area contributed by atoms with E-state index in [4.69, 9.17) is 15.2 Å². The average Bonchev–Trinajstić information content (AvgIpc) is 2.89. The van der Waals surface area contributed by atoms with E-state index in [1.54, 1.807) is 24.9 Å². The number of methoxy groups -OCH3 is 2. The van der Waals surface area contributed by atoms with Crippen LogP contribution in [0.25, 0.3) is 11.4 Å². The first-order valence-electron chi connectivity index (χ1n) is 6.14. The maximum absolute atomic E-state index is 11.3. The Kier molecular flexibility index (Phi) is 2.81. The lowest BCUT2D eigenvalue weighted by Gasteiger charge is -2.21. The van der Waals surface area contributed by atoms with Crippen LogP contribution in [0, 0.1) is 0 Å². The number of fused-ring (bicyclic) bond motifs is 3. The lowest BCUT2D eigenvalue weighted by atomic mass is 9.99. The van der Waals surface area contributed by atoms with Crippen molar-refractivity contribution in [2.75, 3.05) is 14.2 Å². The maximum Gasteiger partial charge on any atom is 0.286 e. The molecule has 1 aromatic carbocycles. The molecule has 2 aromatic rings. The third kappa shape index (κ3) is 1.70. The summed E-state index contributed by atoms with van der Waals surface area (Å²) in [6.45, 7) is 0.601. The molecule has 1 aliphatic heterocycles. The van der Waals surface area contributed by atoms with Gasteiger partial charge in [0.2, 0.25) is 5.82 Å². The lowest BCUT2D eigenvalue weighted by molar-refractivity contribution is 0.0986. The Bertz CT molecular complexity index is 676. The molecule has 104 valence electrons. The first-order valence-corrected chi connectivity index (χ1v) is 6.14. The number of nitrogens with zero attached hydrogens (tertiary/aromatic N) is 3. The number of ether oxygens (including phenoxy) is 2. The molecule has 7 heteroatoms. The summed E-state index contributed by atoms with van der Waals surface area (Å²) >= 11 is 0. The summed E-state index contributed by atoms with van der Waals surface area (Å²) in [5.74, 6) is 1.55. The van der Waals surface area contributed by atoms with Crippen molar-refractivity contribution in [3.8, 4) is 22.9 Å².